The summed E-state index contributed by atoms with van der Waals surface area (Å²) in [6.45, 7) is 26.5. The van der Waals surface area contributed by atoms with Crippen LogP contribution in [-0.4, -0.2) is 144 Å². The fourth-order valence-corrected chi connectivity index (χ4v) is 20.4. The summed E-state index contributed by atoms with van der Waals surface area (Å²) >= 11 is 0. The van der Waals surface area contributed by atoms with E-state index in [1.165, 1.54) is 47.4 Å². The van der Waals surface area contributed by atoms with E-state index in [0.717, 1.165) is 371 Å². The number of hydrogen-bond donors (Lipinski definition) is 4. The number of rotatable bonds is 74. The third-order valence-corrected chi connectivity index (χ3v) is 27.8. The number of carbonyl (C=O) groups is 4. The van der Waals surface area contributed by atoms with Gasteiger partial charge in [-0.1, -0.05) is 264 Å². The first kappa shape index (κ1) is 112. The predicted molar refractivity (Wildman–Crippen MR) is 568 cm³/mol. The lowest BCUT2D eigenvalue weighted by atomic mass is 9.89. The van der Waals surface area contributed by atoms with E-state index in [-0.39, 0.29) is 68.8 Å². The van der Waals surface area contributed by atoms with E-state index in [2.05, 4.69) is 153 Å². The van der Waals surface area contributed by atoms with Gasteiger partial charge in [0.05, 0.1) is 103 Å². The van der Waals surface area contributed by atoms with Crippen LogP contribution < -0.4 is 21.4 Å². The summed E-state index contributed by atoms with van der Waals surface area (Å²) in [4.78, 5) is 139. The lowest BCUT2D eigenvalue weighted by Gasteiger charge is -2.17. The average Bonchev–Trinajstić information content (AvgIpc) is 1.61. The fourth-order valence-electron chi connectivity index (χ4n) is 20.4. The Morgan fingerprint density at radius 1 is 0.345 bits per heavy atom. The van der Waals surface area contributed by atoms with Crippen LogP contribution in [0, 0.1) is 0 Å². The molecule has 0 saturated heterocycles. The number of aromatic nitrogens is 4. The molecule has 6 aliphatic rings. The Morgan fingerprint density at radius 3 is 1.13 bits per heavy atom. The maximum Gasteiger partial charge on any atom is 0.310 e. The van der Waals surface area contributed by atoms with Gasteiger partial charge in [-0.05, 0) is 213 Å². The molecule has 1 aromatic carbocycles. The molecule has 16 bridgehead atoms. The SMILES string of the molecule is C=COOCCCCCCCC1=C(CC(=O)OCCCCCCC)C2Cc3[nH]c(c(CC(=O)OCCCCCCC)c3CC(=O)OCCCCCCC)/C=c3/cc/c([nH]3)=C(\c3cccc(C4=c5cc/c([nH]5)=C/c5[nH]c(c(CCCCCCCOOC=C)c5CCCCCCCOOC=C)CC5N=C(CC6=NC4C=C6)C(CC(=O)OCCCCCCC)=C5CCCCCCCOOC=C)c3)C3C=CC(=N3)CC1=N2. The molecule has 0 amide bonds. The fraction of sp³-hybridized carbons (Fsp3) is 0.576. The number of unbranched alkanes of at least 4 members (excludes halogenated alkanes) is 32. The van der Waals surface area contributed by atoms with Gasteiger partial charge in [0.1, 0.15) is 25.0 Å². The Labute approximate surface area is 845 Å². The first-order chi connectivity index (χ1) is 69.8. The molecule has 4 unspecified atom stereocenters. The van der Waals surface area contributed by atoms with Gasteiger partial charge in [0, 0.05) is 104 Å². The maximum atomic E-state index is 14.7. The van der Waals surface area contributed by atoms with E-state index < -0.39 is 18.1 Å². The van der Waals surface area contributed by atoms with Crippen molar-refractivity contribution in [2.75, 3.05) is 52.9 Å². The Bertz CT molecular complexity index is 5330. The van der Waals surface area contributed by atoms with Gasteiger partial charge in [-0.2, -0.15) is 19.6 Å². The van der Waals surface area contributed by atoms with E-state index in [1.54, 1.807) is 0 Å². The number of carbonyl (C=O) groups excluding carboxylic acids is 4. The van der Waals surface area contributed by atoms with Crippen LogP contribution in [0.4, 0.5) is 0 Å². The summed E-state index contributed by atoms with van der Waals surface area (Å²) in [7, 11) is 0. The number of esters is 4. The molecule has 24 nitrogen and oxygen atoms in total. The van der Waals surface area contributed by atoms with Gasteiger partial charge < -0.3 is 58.4 Å². The predicted octanol–water partition coefficient (Wildman–Crippen LogP) is 23.9. The lowest BCUT2D eigenvalue weighted by molar-refractivity contribution is -0.248. The topological polar surface area (TPSA) is 292 Å². The standard InChI is InChI=1S/C118H166N8O16/c1-9-17-21-33-45-68-131-113(127)81-97-96(59-44-32-28-40-52-75-142-138-16-8)110-85-109-94(57-42-30-26-38-50-73-140-136-14-6)93(56-41-29-25-37-49-72-139-135-13-5)105(123-109)77-89-60-64-101(119-89)117(103-66-62-91(121-103)79-107(97)125-110)87-54-53-55-88(76-87)118-102-65-61-90(120-102)78-106-95(58-43-31-27-39-51-74-141-137-15-7)98(82-114(128)132-69-46-34-22-18-10-2)111(124-106)86-112-100(84-116(130)134-71-48-36-24-20-12-4)99(83-115(129)133-70-47-35-23-19-11-3)108(126-112)80-92-63-67-104(118)122-92/h13-16,53-55,60-67,76-77,80,102-103,110-111,119,122-123,126H,5-12,17-52,56-59,68-75,78-79,81-86H2,1-4H3/b89-77-,92-80-,117-101?,118-104-. The van der Waals surface area contributed by atoms with Crippen LogP contribution in [0.15, 0.2) is 166 Å². The van der Waals surface area contributed by atoms with Crippen LogP contribution in [0.25, 0.3) is 23.3 Å². The molecule has 142 heavy (non-hydrogen) atoms. The molecule has 5 aromatic rings. The molecule has 0 aliphatic carbocycles. The minimum Gasteiger partial charge on any atom is -0.465 e. The van der Waals surface area contributed by atoms with Gasteiger partial charge in [0.15, 0.2) is 0 Å². The highest BCUT2D eigenvalue weighted by molar-refractivity contribution is 6.20. The van der Waals surface area contributed by atoms with E-state index >= 15 is 0 Å². The molecule has 10 heterocycles. The molecule has 24 heteroatoms. The molecule has 4 atom stereocenters. The number of aliphatic imine (C=N–C) groups is 4. The lowest BCUT2D eigenvalue weighted by Crippen LogP contribution is -2.21. The second kappa shape index (κ2) is 64.9. The smallest absolute Gasteiger partial charge is 0.310 e. The summed E-state index contributed by atoms with van der Waals surface area (Å²) in [5.41, 5.74) is 19.0. The largest absolute Gasteiger partial charge is 0.465 e. The number of nitrogens with zero attached hydrogens (tertiary/aromatic N) is 4. The van der Waals surface area contributed by atoms with Crippen molar-refractivity contribution in [1.82, 2.24) is 19.9 Å². The van der Waals surface area contributed by atoms with Crippen LogP contribution in [0.2, 0.25) is 0 Å². The molecule has 0 spiro atoms. The highest BCUT2D eigenvalue weighted by Gasteiger charge is 2.37. The minimum absolute atomic E-state index is 0.0391. The number of hydrogen-bond acceptors (Lipinski definition) is 20. The summed E-state index contributed by atoms with van der Waals surface area (Å²) in [6.07, 6.45) is 62.8. The molecular formula is C118H166N8O16. The summed E-state index contributed by atoms with van der Waals surface area (Å²) in [5, 5.41) is 3.44. The van der Waals surface area contributed by atoms with E-state index in [0.29, 0.717) is 88.6 Å². The van der Waals surface area contributed by atoms with Gasteiger partial charge in [0.25, 0.3) is 0 Å². The molecule has 0 radical (unpaired) electrons. The molecule has 4 aromatic heterocycles. The van der Waals surface area contributed by atoms with E-state index in [9.17, 15) is 19.2 Å². The second-order valence-electron chi connectivity index (χ2n) is 38.8. The average molecular weight is 1950 g/mol. The monoisotopic (exact) mass is 1950 g/mol. The Kier molecular flexibility index (Phi) is 51.0. The summed E-state index contributed by atoms with van der Waals surface area (Å²) in [6, 6.07) is 15.7. The van der Waals surface area contributed by atoms with Crippen molar-refractivity contribution >= 4 is 70.0 Å². The van der Waals surface area contributed by atoms with Crippen LogP contribution in [0.5, 0.6) is 0 Å². The maximum absolute atomic E-state index is 14.7. The zero-order valence-corrected chi connectivity index (χ0v) is 86.3. The van der Waals surface area contributed by atoms with Crippen LogP contribution in [0.1, 0.15) is 379 Å². The van der Waals surface area contributed by atoms with Gasteiger partial charge in [-0.25, -0.2) is 0 Å². The number of benzene rings is 1. The number of nitrogens with one attached hydrogen (secondary N) is 4. The van der Waals surface area contributed by atoms with Crippen molar-refractivity contribution in [3.05, 3.63) is 224 Å². The first-order valence-electron chi connectivity index (χ1n) is 54.5. The molecule has 774 valence electrons. The highest BCUT2D eigenvalue weighted by Crippen LogP contribution is 2.40. The van der Waals surface area contributed by atoms with E-state index in [1.807, 2.05) is 6.08 Å². The Morgan fingerprint density at radius 2 is 0.697 bits per heavy atom. The third kappa shape index (κ3) is 37.2. The van der Waals surface area contributed by atoms with Crippen molar-refractivity contribution in [2.45, 2.75) is 386 Å². The van der Waals surface area contributed by atoms with Crippen molar-refractivity contribution in [3.8, 4) is 0 Å². The number of fused-ring (bicyclic) bond motifs is 12. The normalized spacial score (nSPS) is 17.1. The molecule has 0 fully saturated rings. The number of H-pyrrole nitrogens is 4. The van der Waals surface area contributed by atoms with Crippen molar-refractivity contribution in [2.24, 2.45) is 20.0 Å². The third-order valence-electron chi connectivity index (χ3n) is 27.8. The molecular weight excluding hydrogens is 1790 g/mol. The first-order valence-corrected chi connectivity index (χ1v) is 54.5. The Balaban J connectivity index is 1.06. The quantitative estimate of drug-likeness (QED) is 0.00702. The van der Waals surface area contributed by atoms with Gasteiger partial charge >= 0.3 is 23.9 Å². The van der Waals surface area contributed by atoms with Crippen molar-refractivity contribution in [1.29, 1.82) is 0 Å². The summed E-state index contributed by atoms with van der Waals surface area (Å²) < 4.78 is 24.7. The van der Waals surface area contributed by atoms with Crippen LogP contribution >= 0.6 is 0 Å². The molecule has 6 aliphatic heterocycles. The van der Waals surface area contributed by atoms with Crippen molar-refractivity contribution in [3.63, 3.8) is 0 Å². The minimum atomic E-state index is -0.536. The number of ether oxygens (including phenoxy) is 4. The van der Waals surface area contributed by atoms with Crippen LogP contribution in [-0.2, 0) is 116 Å². The van der Waals surface area contributed by atoms with Gasteiger partial charge in [0.2, 0.25) is 0 Å². The van der Waals surface area contributed by atoms with Crippen molar-refractivity contribution < 1.29 is 77.2 Å². The zero-order valence-electron chi connectivity index (χ0n) is 86.3. The van der Waals surface area contributed by atoms with Gasteiger partial charge in [-0.3, -0.25) is 39.1 Å². The molecule has 0 saturated carbocycles. The summed E-state index contributed by atoms with van der Waals surface area (Å²) in [5.74, 6) is -1.30. The zero-order chi connectivity index (χ0) is 99.8. The number of allylic oxidation sites excluding steroid dienone is 3. The second-order valence-corrected chi connectivity index (χ2v) is 38.8. The van der Waals surface area contributed by atoms with Gasteiger partial charge in [-0.15, -0.1) is 0 Å². The molecule has 4 N–H and O–H groups in total. The van der Waals surface area contributed by atoms with E-state index in [4.69, 9.17) is 78.0 Å². The van der Waals surface area contributed by atoms with Crippen LogP contribution in [0.3, 0.4) is 0 Å². The Hall–Kier alpha value is -10.7. The number of aromatic amines is 4. The highest BCUT2D eigenvalue weighted by atomic mass is 17.2. The molecule has 11 rings (SSSR count).